The molecule has 0 amide bonds. The van der Waals surface area contributed by atoms with Gasteiger partial charge in [0.2, 0.25) is 0 Å². The Balaban J connectivity index is 2.43. The molecule has 0 saturated heterocycles. The van der Waals surface area contributed by atoms with Crippen LogP contribution in [0.4, 0.5) is 0 Å². The molecule has 1 N–H and O–H groups in total. The lowest BCUT2D eigenvalue weighted by Gasteiger charge is -2.41. The smallest absolute Gasteiger partial charge is 0.386 e. The highest BCUT2D eigenvalue weighted by Crippen LogP contribution is 2.54. The number of allylic oxidation sites excluding steroid dienone is 1. The van der Waals surface area contributed by atoms with Crippen molar-refractivity contribution in [2.75, 3.05) is 13.7 Å². The molecule has 8 nitrogen and oxygen atoms in total. The van der Waals surface area contributed by atoms with E-state index in [-0.39, 0.29) is 24.2 Å². The number of rotatable bonds is 6. The van der Waals surface area contributed by atoms with Crippen LogP contribution in [0.5, 0.6) is 0 Å². The van der Waals surface area contributed by atoms with Gasteiger partial charge in [0.15, 0.2) is 0 Å². The van der Waals surface area contributed by atoms with Crippen LogP contribution in [0.3, 0.4) is 0 Å². The Kier molecular flexibility index (Phi) is 7.29. The largest absolute Gasteiger partial charge is 0.512 e. The van der Waals surface area contributed by atoms with E-state index in [9.17, 15) is 24.8 Å². The average Bonchev–Trinajstić information content (AvgIpc) is 2.79. The summed E-state index contributed by atoms with van der Waals surface area (Å²) in [5.41, 5.74) is -2.28. The number of ether oxygens (including phenoxy) is 2. The minimum Gasteiger partial charge on any atom is -0.512 e. The fraction of sp³-hybridized carbons (Fsp3) is 0.304. The third-order valence-corrected chi connectivity index (χ3v) is 6.26. The molecule has 0 fully saturated rings. The first kappa shape index (κ1) is 24.5. The summed E-state index contributed by atoms with van der Waals surface area (Å²) in [5.74, 6) is -5.24. The lowest BCUT2D eigenvalue weighted by molar-refractivity contribution is -0.564. The lowest BCUT2D eigenvalue weighted by Crippen LogP contribution is -2.59. The average molecular weight is 494 g/mol. The number of aliphatic hydroxyl groups is 1. The van der Waals surface area contributed by atoms with Gasteiger partial charge in [-0.25, -0.2) is 9.59 Å². The van der Waals surface area contributed by atoms with E-state index in [1.54, 1.807) is 12.1 Å². The minimum absolute atomic E-state index is 0.127. The highest BCUT2D eigenvalue weighted by atomic mass is 35.5. The molecule has 1 aliphatic rings. The lowest BCUT2D eigenvalue weighted by atomic mass is 9.61. The SMILES string of the molecule is CCOC(=O)[C@@]1([N+](=O)[O-])[C@H](c2ccc(Cl)cc2)CC(O)=C(C(=O)OC)[C@H]1c1ccc(Cl)cc1. The zero-order chi connectivity index (χ0) is 24.3. The summed E-state index contributed by atoms with van der Waals surface area (Å²) >= 11 is 12.0. The number of methoxy groups -OCH3 is 1. The first-order valence-corrected chi connectivity index (χ1v) is 10.8. The summed E-state index contributed by atoms with van der Waals surface area (Å²) in [5, 5.41) is 24.5. The second-order valence-corrected chi connectivity index (χ2v) is 8.32. The Bertz CT molecular complexity index is 1100. The van der Waals surface area contributed by atoms with Gasteiger partial charge in [-0.1, -0.05) is 47.5 Å². The maximum atomic E-state index is 13.5. The fourth-order valence-electron chi connectivity index (χ4n) is 4.35. The summed E-state index contributed by atoms with van der Waals surface area (Å²) in [6, 6.07) is 12.0. The topological polar surface area (TPSA) is 116 Å². The van der Waals surface area contributed by atoms with Gasteiger partial charge in [0.25, 0.3) is 0 Å². The van der Waals surface area contributed by atoms with E-state index < -0.39 is 40.0 Å². The van der Waals surface area contributed by atoms with Crippen molar-refractivity contribution in [2.24, 2.45) is 0 Å². The number of esters is 2. The zero-order valence-corrected chi connectivity index (χ0v) is 19.3. The first-order chi connectivity index (χ1) is 15.7. The molecule has 2 aromatic carbocycles. The molecule has 174 valence electrons. The molecule has 0 saturated carbocycles. The monoisotopic (exact) mass is 493 g/mol. The Hall–Kier alpha value is -3.10. The van der Waals surface area contributed by atoms with E-state index in [1.807, 2.05) is 0 Å². The minimum atomic E-state index is -2.49. The molecule has 0 radical (unpaired) electrons. The van der Waals surface area contributed by atoms with Crippen molar-refractivity contribution in [3.05, 3.63) is 91.1 Å². The van der Waals surface area contributed by atoms with Crippen molar-refractivity contribution < 1.29 is 29.1 Å². The van der Waals surface area contributed by atoms with E-state index in [1.165, 1.54) is 43.3 Å². The highest BCUT2D eigenvalue weighted by molar-refractivity contribution is 6.30. The van der Waals surface area contributed by atoms with E-state index in [4.69, 9.17) is 32.7 Å². The fourth-order valence-corrected chi connectivity index (χ4v) is 4.60. The summed E-state index contributed by atoms with van der Waals surface area (Å²) in [4.78, 5) is 38.3. The molecule has 3 atom stereocenters. The van der Waals surface area contributed by atoms with Gasteiger partial charge in [0, 0.05) is 21.4 Å². The Morgan fingerprint density at radius 1 is 1.09 bits per heavy atom. The van der Waals surface area contributed by atoms with Crippen molar-refractivity contribution in [3.63, 3.8) is 0 Å². The highest BCUT2D eigenvalue weighted by Gasteiger charge is 2.69. The van der Waals surface area contributed by atoms with Crippen molar-refractivity contribution in [2.45, 2.75) is 30.7 Å². The molecule has 10 heteroatoms. The number of nitro groups is 1. The van der Waals surface area contributed by atoms with Crippen LogP contribution in [0.2, 0.25) is 10.0 Å². The van der Waals surface area contributed by atoms with Crippen LogP contribution >= 0.6 is 23.2 Å². The normalized spacial score (nSPS) is 22.5. The van der Waals surface area contributed by atoms with Crippen molar-refractivity contribution in [1.82, 2.24) is 0 Å². The summed E-state index contributed by atoms with van der Waals surface area (Å²) < 4.78 is 10.0. The number of hydrogen-bond donors (Lipinski definition) is 1. The van der Waals surface area contributed by atoms with E-state index in [2.05, 4.69) is 0 Å². The van der Waals surface area contributed by atoms with Gasteiger partial charge < -0.3 is 14.6 Å². The molecule has 0 aromatic heterocycles. The van der Waals surface area contributed by atoms with E-state index >= 15 is 0 Å². The number of nitrogens with zero attached hydrogens (tertiary/aromatic N) is 1. The van der Waals surface area contributed by atoms with Crippen LogP contribution in [0.25, 0.3) is 0 Å². The maximum absolute atomic E-state index is 13.5. The molecule has 0 aliphatic heterocycles. The Morgan fingerprint density at radius 3 is 2.06 bits per heavy atom. The van der Waals surface area contributed by atoms with Gasteiger partial charge in [-0.2, -0.15) is 0 Å². The number of aliphatic hydroxyl groups excluding tert-OH is 1. The van der Waals surface area contributed by atoms with Crippen LogP contribution in [-0.2, 0) is 19.1 Å². The molecule has 2 aromatic rings. The van der Waals surface area contributed by atoms with E-state index in [0.29, 0.717) is 15.6 Å². The molecule has 33 heavy (non-hydrogen) atoms. The van der Waals surface area contributed by atoms with Gasteiger partial charge in [-0.05, 0) is 42.3 Å². The first-order valence-electron chi connectivity index (χ1n) is 10.0. The summed E-state index contributed by atoms with van der Waals surface area (Å²) in [7, 11) is 1.09. The van der Waals surface area contributed by atoms with Crippen molar-refractivity contribution >= 4 is 35.1 Å². The summed E-state index contributed by atoms with van der Waals surface area (Å²) in [6.07, 6.45) is -0.365. The van der Waals surface area contributed by atoms with Crippen molar-refractivity contribution in [1.29, 1.82) is 0 Å². The quantitative estimate of drug-likeness (QED) is 0.348. The Morgan fingerprint density at radius 2 is 1.61 bits per heavy atom. The Labute approximate surface area is 199 Å². The summed E-state index contributed by atoms with van der Waals surface area (Å²) in [6.45, 7) is 1.40. The predicted octanol–water partition coefficient (Wildman–Crippen LogP) is 4.83. The number of carbonyl (C=O) groups excluding carboxylic acids is 2. The van der Waals surface area contributed by atoms with Gasteiger partial charge in [-0.15, -0.1) is 0 Å². The molecule has 0 bridgehead atoms. The number of benzene rings is 2. The third kappa shape index (κ3) is 4.28. The van der Waals surface area contributed by atoms with Crippen LogP contribution in [0, 0.1) is 10.1 Å². The van der Waals surface area contributed by atoms with Gasteiger partial charge >= 0.3 is 17.5 Å². The predicted molar refractivity (Wildman–Crippen MR) is 121 cm³/mol. The molecular formula is C23H21Cl2NO7. The third-order valence-electron chi connectivity index (χ3n) is 5.75. The van der Waals surface area contributed by atoms with Gasteiger partial charge in [0.05, 0.1) is 25.2 Å². The van der Waals surface area contributed by atoms with Crippen LogP contribution in [0.1, 0.15) is 36.3 Å². The van der Waals surface area contributed by atoms with Crippen LogP contribution in [-0.4, -0.2) is 41.2 Å². The number of halogens is 2. The van der Waals surface area contributed by atoms with E-state index in [0.717, 1.165) is 7.11 Å². The number of hydrogen-bond acceptors (Lipinski definition) is 7. The number of carbonyl (C=O) groups is 2. The van der Waals surface area contributed by atoms with Crippen LogP contribution in [0.15, 0.2) is 59.9 Å². The second-order valence-electron chi connectivity index (χ2n) is 7.45. The molecule has 0 unspecified atom stereocenters. The molecule has 3 rings (SSSR count). The standard InChI is InChI=1S/C23H21Cl2NO7/c1-3-33-22(29)23(26(30)31)17(13-4-8-15(24)9-5-13)12-18(27)19(21(28)32-2)20(23)14-6-10-16(25)11-7-14/h4-11,17,20,27H,3,12H2,1-2H3/t17-,20+,23+/m0/s1. The molecule has 1 aliphatic carbocycles. The molecule has 0 spiro atoms. The van der Waals surface area contributed by atoms with Gasteiger partial charge in [-0.3, -0.25) is 10.1 Å². The second kappa shape index (κ2) is 9.80. The van der Waals surface area contributed by atoms with Crippen molar-refractivity contribution in [3.8, 4) is 0 Å². The molecule has 0 heterocycles. The van der Waals surface area contributed by atoms with Gasteiger partial charge in [0.1, 0.15) is 11.7 Å². The maximum Gasteiger partial charge on any atom is 0.386 e. The zero-order valence-electron chi connectivity index (χ0n) is 17.8. The molecular weight excluding hydrogens is 473 g/mol. The van der Waals surface area contributed by atoms with Crippen LogP contribution < -0.4 is 0 Å².